The lowest BCUT2D eigenvalue weighted by Gasteiger charge is -2.46. The molecule has 1 fully saturated rings. The highest BCUT2D eigenvalue weighted by molar-refractivity contribution is 5.67. The highest BCUT2D eigenvalue weighted by Gasteiger charge is 2.52. The molecule has 1 aromatic rings. The minimum atomic E-state index is -0.897. The van der Waals surface area contributed by atoms with E-state index in [0.717, 1.165) is 5.56 Å². The first-order chi connectivity index (χ1) is 9.25. The van der Waals surface area contributed by atoms with Crippen LogP contribution in [0.4, 0.5) is 4.79 Å². The SMILES string of the molecule is CC(C)(C)N(C(=O)O)C(C)(Cc1ccccc1)C1CO1. The van der Waals surface area contributed by atoms with Gasteiger partial charge in [-0.1, -0.05) is 30.3 Å². The van der Waals surface area contributed by atoms with E-state index in [1.165, 1.54) is 0 Å². The zero-order chi connectivity index (χ0) is 15.0. The maximum Gasteiger partial charge on any atom is 0.408 e. The van der Waals surface area contributed by atoms with Gasteiger partial charge in [0.25, 0.3) is 0 Å². The summed E-state index contributed by atoms with van der Waals surface area (Å²) in [6, 6.07) is 9.98. The number of carboxylic acid groups (broad SMARTS) is 1. The summed E-state index contributed by atoms with van der Waals surface area (Å²) >= 11 is 0. The van der Waals surface area contributed by atoms with Crippen molar-refractivity contribution in [3.05, 3.63) is 35.9 Å². The largest absolute Gasteiger partial charge is 0.465 e. The Balaban J connectivity index is 2.35. The van der Waals surface area contributed by atoms with Crippen LogP contribution in [0.25, 0.3) is 0 Å². The van der Waals surface area contributed by atoms with Gasteiger partial charge in [-0.2, -0.15) is 0 Å². The molecule has 1 N–H and O–H groups in total. The van der Waals surface area contributed by atoms with E-state index in [2.05, 4.69) is 0 Å². The minimum Gasteiger partial charge on any atom is -0.465 e. The van der Waals surface area contributed by atoms with E-state index in [0.29, 0.717) is 13.0 Å². The molecule has 1 saturated heterocycles. The fourth-order valence-corrected chi connectivity index (χ4v) is 3.02. The van der Waals surface area contributed by atoms with Crippen LogP contribution < -0.4 is 0 Å². The van der Waals surface area contributed by atoms with Crippen molar-refractivity contribution in [2.45, 2.75) is 51.3 Å². The summed E-state index contributed by atoms with van der Waals surface area (Å²) in [5, 5.41) is 9.67. The normalized spacial score (nSPS) is 21.1. The number of amides is 1. The van der Waals surface area contributed by atoms with Gasteiger partial charge in [0.05, 0.1) is 12.1 Å². The molecule has 0 radical (unpaired) electrons. The van der Waals surface area contributed by atoms with E-state index in [-0.39, 0.29) is 6.10 Å². The molecular weight excluding hydrogens is 254 g/mol. The number of hydrogen-bond donors (Lipinski definition) is 1. The molecule has 1 aliphatic rings. The lowest BCUT2D eigenvalue weighted by atomic mass is 9.84. The molecule has 4 heteroatoms. The number of benzene rings is 1. The monoisotopic (exact) mass is 277 g/mol. The second kappa shape index (κ2) is 5.09. The molecule has 1 amide bonds. The molecule has 2 rings (SSSR count). The Labute approximate surface area is 120 Å². The Kier molecular flexibility index (Phi) is 3.78. The molecule has 1 heterocycles. The summed E-state index contributed by atoms with van der Waals surface area (Å²) < 4.78 is 5.47. The van der Waals surface area contributed by atoms with Crippen LogP contribution in [-0.2, 0) is 11.2 Å². The molecule has 4 nitrogen and oxygen atoms in total. The van der Waals surface area contributed by atoms with Crippen molar-refractivity contribution in [3.8, 4) is 0 Å². The smallest absolute Gasteiger partial charge is 0.408 e. The second-order valence-electron chi connectivity index (χ2n) is 6.63. The second-order valence-corrected chi connectivity index (χ2v) is 6.63. The van der Waals surface area contributed by atoms with Crippen molar-refractivity contribution < 1.29 is 14.6 Å². The third-order valence-corrected chi connectivity index (χ3v) is 3.80. The summed E-state index contributed by atoms with van der Waals surface area (Å²) in [4.78, 5) is 13.3. The fraction of sp³-hybridized carbons (Fsp3) is 0.562. The first-order valence-electron chi connectivity index (χ1n) is 6.94. The van der Waals surface area contributed by atoms with Gasteiger partial charge in [0, 0.05) is 5.54 Å². The molecule has 2 atom stereocenters. The van der Waals surface area contributed by atoms with Crippen LogP contribution in [0.1, 0.15) is 33.3 Å². The zero-order valence-corrected chi connectivity index (χ0v) is 12.6. The number of rotatable bonds is 4. The van der Waals surface area contributed by atoms with Gasteiger partial charge in [0.1, 0.15) is 6.10 Å². The highest BCUT2D eigenvalue weighted by Crippen LogP contribution is 2.37. The van der Waals surface area contributed by atoms with Gasteiger partial charge in [-0.15, -0.1) is 0 Å². The molecule has 0 bridgehead atoms. The van der Waals surface area contributed by atoms with Gasteiger partial charge in [0.2, 0.25) is 0 Å². The third kappa shape index (κ3) is 2.96. The van der Waals surface area contributed by atoms with Crippen molar-refractivity contribution in [1.82, 2.24) is 4.90 Å². The van der Waals surface area contributed by atoms with Crippen LogP contribution in [0, 0.1) is 0 Å². The quantitative estimate of drug-likeness (QED) is 0.860. The molecular formula is C16H23NO3. The van der Waals surface area contributed by atoms with Crippen LogP contribution in [0.2, 0.25) is 0 Å². The van der Waals surface area contributed by atoms with Gasteiger partial charge >= 0.3 is 6.09 Å². The maximum atomic E-state index is 11.8. The molecule has 0 aliphatic carbocycles. The van der Waals surface area contributed by atoms with Gasteiger partial charge < -0.3 is 9.84 Å². The number of ether oxygens (including phenoxy) is 1. The Bertz CT molecular complexity index is 476. The van der Waals surface area contributed by atoms with Crippen molar-refractivity contribution in [1.29, 1.82) is 0 Å². The molecule has 110 valence electrons. The molecule has 2 unspecified atom stereocenters. The van der Waals surface area contributed by atoms with E-state index >= 15 is 0 Å². The standard InChI is InChI=1S/C16H23NO3/c1-15(2,3)17(14(18)19)16(4,13-11-20-13)10-12-8-6-5-7-9-12/h5-9,13H,10-11H2,1-4H3,(H,18,19). The number of carbonyl (C=O) groups is 1. The highest BCUT2D eigenvalue weighted by atomic mass is 16.6. The van der Waals surface area contributed by atoms with Gasteiger partial charge in [-0.05, 0) is 39.7 Å². The summed E-state index contributed by atoms with van der Waals surface area (Å²) in [6.07, 6.45) is -0.272. The van der Waals surface area contributed by atoms with Crippen LogP contribution in [-0.4, -0.2) is 39.9 Å². The van der Waals surface area contributed by atoms with Gasteiger partial charge in [-0.25, -0.2) is 4.79 Å². The topological polar surface area (TPSA) is 53.1 Å². The summed E-state index contributed by atoms with van der Waals surface area (Å²) in [5.41, 5.74) is 0.105. The molecule has 1 aromatic carbocycles. The van der Waals surface area contributed by atoms with Gasteiger partial charge in [0.15, 0.2) is 0 Å². The van der Waals surface area contributed by atoms with Gasteiger partial charge in [-0.3, -0.25) is 4.90 Å². The number of epoxide rings is 1. The average molecular weight is 277 g/mol. The van der Waals surface area contributed by atoms with Crippen LogP contribution >= 0.6 is 0 Å². The van der Waals surface area contributed by atoms with Crippen molar-refractivity contribution in [3.63, 3.8) is 0 Å². The number of hydrogen-bond acceptors (Lipinski definition) is 2. The Morgan fingerprint density at radius 1 is 1.30 bits per heavy atom. The first-order valence-corrected chi connectivity index (χ1v) is 6.94. The molecule has 20 heavy (non-hydrogen) atoms. The summed E-state index contributed by atoms with van der Waals surface area (Å²) in [5.74, 6) is 0. The summed E-state index contributed by atoms with van der Waals surface area (Å²) in [6.45, 7) is 8.38. The maximum absolute atomic E-state index is 11.8. The van der Waals surface area contributed by atoms with Crippen LogP contribution in [0.3, 0.4) is 0 Å². The third-order valence-electron chi connectivity index (χ3n) is 3.80. The average Bonchev–Trinajstić information content (AvgIpc) is 3.11. The summed E-state index contributed by atoms with van der Waals surface area (Å²) in [7, 11) is 0. The zero-order valence-electron chi connectivity index (χ0n) is 12.6. The van der Waals surface area contributed by atoms with Crippen molar-refractivity contribution in [2.75, 3.05) is 6.61 Å². The van der Waals surface area contributed by atoms with E-state index in [4.69, 9.17) is 4.74 Å². The van der Waals surface area contributed by atoms with Crippen LogP contribution in [0.5, 0.6) is 0 Å². The number of nitrogens with zero attached hydrogens (tertiary/aromatic N) is 1. The molecule has 0 aromatic heterocycles. The van der Waals surface area contributed by atoms with E-state index in [1.807, 2.05) is 58.0 Å². The fourth-order valence-electron chi connectivity index (χ4n) is 3.02. The predicted molar refractivity (Wildman–Crippen MR) is 77.9 cm³/mol. The Morgan fingerprint density at radius 3 is 2.25 bits per heavy atom. The molecule has 1 aliphatic heterocycles. The van der Waals surface area contributed by atoms with E-state index < -0.39 is 17.2 Å². The minimum absolute atomic E-state index is 0.0296. The lowest BCUT2D eigenvalue weighted by molar-refractivity contribution is 0.00936. The lowest BCUT2D eigenvalue weighted by Crippen LogP contribution is -2.61. The van der Waals surface area contributed by atoms with Crippen molar-refractivity contribution >= 4 is 6.09 Å². The molecule has 0 saturated carbocycles. The molecule has 0 spiro atoms. The van der Waals surface area contributed by atoms with Crippen molar-refractivity contribution in [2.24, 2.45) is 0 Å². The van der Waals surface area contributed by atoms with Crippen LogP contribution in [0.15, 0.2) is 30.3 Å². The Hall–Kier alpha value is -1.55. The first kappa shape index (κ1) is 14.9. The predicted octanol–water partition coefficient (Wildman–Crippen LogP) is 3.17. The Morgan fingerprint density at radius 2 is 1.85 bits per heavy atom. The van der Waals surface area contributed by atoms with E-state index in [9.17, 15) is 9.90 Å². The van der Waals surface area contributed by atoms with E-state index in [1.54, 1.807) is 4.90 Å².